The van der Waals surface area contributed by atoms with Crippen LogP contribution in [0.2, 0.25) is 0 Å². The van der Waals surface area contributed by atoms with Gasteiger partial charge in [-0.25, -0.2) is 0 Å². The summed E-state index contributed by atoms with van der Waals surface area (Å²) < 4.78 is 1.09. The number of benzene rings is 3. The molecule has 1 aliphatic rings. The third kappa shape index (κ3) is 4.41. The zero-order valence-corrected chi connectivity index (χ0v) is 18.6. The highest BCUT2D eigenvalue weighted by atomic mass is 127. The topological polar surface area (TPSA) is 44.7 Å². The molecule has 3 aromatic rings. The van der Waals surface area contributed by atoms with Crippen molar-refractivity contribution in [1.29, 1.82) is 0 Å². The number of anilines is 1. The van der Waals surface area contributed by atoms with Crippen molar-refractivity contribution in [2.45, 2.75) is 12.5 Å². The number of nitrogens with zero attached hydrogens (tertiary/aromatic N) is 2. The molecule has 0 saturated heterocycles. The molecular weight excluding hydrogens is 473 g/mol. The van der Waals surface area contributed by atoms with E-state index in [2.05, 4.69) is 59.0 Å². The van der Waals surface area contributed by atoms with Gasteiger partial charge >= 0.3 is 0 Å². The van der Waals surface area contributed by atoms with Crippen LogP contribution >= 0.6 is 22.6 Å². The summed E-state index contributed by atoms with van der Waals surface area (Å²) in [7, 11) is 4.10. The summed E-state index contributed by atoms with van der Waals surface area (Å²) in [6.07, 6.45) is 0. The smallest absolute Gasteiger partial charge is 0.238 e. The van der Waals surface area contributed by atoms with Crippen LogP contribution in [0.4, 0.5) is 11.4 Å². The molecule has 0 fully saturated rings. The average molecular weight is 495 g/mol. The van der Waals surface area contributed by atoms with Crippen molar-refractivity contribution >= 4 is 45.6 Å². The first kappa shape index (κ1) is 19.8. The summed E-state index contributed by atoms with van der Waals surface area (Å²) in [6.45, 7) is 0.882. The normalized spacial score (nSPS) is 16.1. The Hall–Kier alpha value is -2.51. The number of nitrogens with one attached hydrogen (secondary N) is 1. The Kier molecular flexibility index (Phi) is 5.78. The van der Waals surface area contributed by atoms with Gasteiger partial charge in [-0.05, 0) is 77.6 Å². The van der Waals surface area contributed by atoms with Crippen LogP contribution in [0, 0.1) is 3.57 Å². The number of carbonyl (C=O) groups excluding carboxylic acids is 1. The molecule has 0 aliphatic carbocycles. The van der Waals surface area contributed by atoms with E-state index in [1.807, 2.05) is 60.7 Å². The number of rotatable bonds is 5. The number of amides is 1. The highest BCUT2D eigenvalue weighted by molar-refractivity contribution is 14.1. The van der Waals surface area contributed by atoms with Gasteiger partial charge in [-0.2, -0.15) is 0 Å². The molecule has 0 bridgehead atoms. The molecule has 4 rings (SSSR count). The van der Waals surface area contributed by atoms with E-state index in [4.69, 9.17) is 4.99 Å². The first-order valence-corrected chi connectivity index (χ1v) is 10.6. The molecule has 146 valence electrons. The zero-order chi connectivity index (χ0) is 20.4. The number of hydrogen-bond donors (Lipinski definition) is 1. The molecule has 5 heteroatoms. The van der Waals surface area contributed by atoms with Crippen molar-refractivity contribution in [3.8, 4) is 0 Å². The van der Waals surface area contributed by atoms with Crippen LogP contribution in [0.3, 0.4) is 0 Å². The molecule has 1 aliphatic heterocycles. The summed E-state index contributed by atoms with van der Waals surface area (Å²) in [4.78, 5) is 20.0. The minimum Gasteiger partial charge on any atom is -0.325 e. The fourth-order valence-corrected chi connectivity index (χ4v) is 4.08. The molecule has 0 aromatic heterocycles. The Morgan fingerprint density at radius 3 is 2.45 bits per heavy atom. The molecule has 1 N–H and O–H groups in total. The minimum atomic E-state index is -0.425. The Morgan fingerprint density at radius 2 is 1.76 bits per heavy atom. The van der Waals surface area contributed by atoms with Crippen molar-refractivity contribution in [2.75, 3.05) is 19.4 Å². The Labute approximate surface area is 184 Å². The van der Waals surface area contributed by atoms with Crippen molar-refractivity contribution in [2.24, 2.45) is 4.99 Å². The van der Waals surface area contributed by atoms with E-state index in [-0.39, 0.29) is 5.91 Å². The summed E-state index contributed by atoms with van der Waals surface area (Å²) in [5.41, 5.74) is 5.64. The first-order valence-electron chi connectivity index (χ1n) is 9.49. The molecule has 0 radical (unpaired) electrons. The SMILES string of the molecule is CN(C)Cc1ccc(N=C(c2ccccc2)C2C(=O)Nc3cc(I)ccc32)cc1. The highest BCUT2D eigenvalue weighted by Crippen LogP contribution is 2.37. The molecule has 1 heterocycles. The molecule has 0 saturated carbocycles. The number of fused-ring (bicyclic) bond motifs is 1. The lowest BCUT2D eigenvalue weighted by Gasteiger charge is -2.14. The second-order valence-corrected chi connectivity index (χ2v) is 8.67. The maximum atomic E-state index is 12.9. The minimum absolute atomic E-state index is 0.0335. The predicted octanol–water partition coefficient (Wildman–Crippen LogP) is 5.21. The van der Waals surface area contributed by atoms with Crippen LogP contribution in [-0.2, 0) is 11.3 Å². The van der Waals surface area contributed by atoms with E-state index < -0.39 is 5.92 Å². The number of aliphatic imine (C=N–C) groups is 1. The molecule has 29 heavy (non-hydrogen) atoms. The third-order valence-electron chi connectivity index (χ3n) is 4.87. The van der Waals surface area contributed by atoms with Gasteiger partial charge in [0.1, 0.15) is 5.92 Å². The third-order valence-corrected chi connectivity index (χ3v) is 5.55. The van der Waals surface area contributed by atoms with Gasteiger partial charge in [0.05, 0.1) is 11.4 Å². The van der Waals surface area contributed by atoms with E-state index in [9.17, 15) is 4.79 Å². The Morgan fingerprint density at radius 1 is 1.03 bits per heavy atom. The van der Waals surface area contributed by atoms with Gasteiger partial charge in [-0.3, -0.25) is 9.79 Å². The Bertz CT molecular complexity index is 1060. The fourth-order valence-electron chi connectivity index (χ4n) is 3.59. The highest BCUT2D eigenvalue weighted by Gasteiger charge is 2.35. The van der Waals surface area contributed by atoms with E-state index in [1.165, 1.54) is 5.56 Å². The monoisotopic (exact) mass is 495 g/mol. The van der Waals surface area contributed by atoms with E-state index >= 15 is 0 Å². The molecule has 1 amide bonds. The van der Waals surface area contributed by atoms with Crippen LogP contribution in [0.1, 0.15) is 22.6 Å². The maximum Gasteiger partial charge on any atom is 0.238 e. The second kappa shape index (κ2) is 8.47. The zero-order valence-electron chi connectivity index (χ0n) is 16.4. The summed E-state index contributed by atoms with van der Waals surface area (Å²) in [5.74, 6) is -0.459. The summed E-state index contributed by atoms with van der Waals surface area (Å²) >= 11 is 2.26. The van der Waals surface area contributed by atoms with Gasteiger partial charge in [0, 0.05) is 15.8 Å². The number of hydrogen-bond acceptors (Lipinski definition) is 3. The standard InChI is InChI=1S/C24H22IN3O/c1-28(2)15-16-8-11-19(12-9-16)26-23(17-6-4-3-5-7-17)22-20-13-10-18(25)14-21(20)27-24(22)29/h3-14,22H,15H2,1-2H3,(H,27,29). The summed E-state index contributed by atoms with van der Waals surface area (Å²) in [5, 5.41) is 3.02. The van der Waals surface area contributed by atoms with E-state index in [1.54, 1.807) is 0 Å². The van der Waals surface area contributed by atoms with E-state index in [0.29, 0.717) is 0 Å². The van der Waals surface area contributed by atoms with Gasteiger partial charge in [-0.15, -0.1) is 0 Å². The summed E-state index contributed by atoms with van der Waals surface area (Å²) in [6, 6.07) is 24.2. The molecule has 4 nitrogen and oxygen atoms in total. The number of carbonyl (C=O) groups is 1. The Balaban J connectivity index is 1.78. The lowest BCUT2D eigenvalue weighted by atomic mass is 9.90. The van der Waals surface area contributed by atoms with Crippen LogP contribution in [-0.4, -0.2) is 30.6 Å². The van der Waals surface area contributed by atoms with Crippen molar-refractivity contribution in [1.82, 2.24) is 4.90 Å². The lowest BCUT2D eigenvalue weighted by Crippen LogP contribution is -2.21. The van der Waals surface area contributed by atoms with Gasteiger partial charge in [0.2, 0.25) is 5.91 Å². The molecule has 1 atom stereocenters. The van der Waals surface area contributed by atoms with Gasteiger partial charge < -0.3 is 10.2 Å². The van der Waals surface area contributed by atoms with E-state index in [0.717, 1.165) is 38.3 Å². The van der Waals surface area contributed by atoms with Crippen LogP contribution < -0.4 is 5.32 Å². The first-order chi connectivity index (χ1) is 14.0. The van der Waals surface area contributed by atoms with Crippen LogP contribution in [0.5, 0.6) is 0 Å². The maximum absolute atomic E-state index is 12.9. The second-order valence-electron chi connectivity index (χ2n) is 7.42. The largest absolute Gasteiger partial charge is 0.325 e. The van der Waals surface area contributed by atoms with Crippen molar-refractivity contribution in [3.05, 3.63) is 93.1 Å². The van der Waals surface area contributed by atoms with Crippen molar-refractivity contribution < 1.29 is 4.79 Å². The van der Waals surface area contributed by atoms with Crippen LogP contribution in [0.15, 0.2) is 77.8 Å². The quantitative estimate of drug-likeness (QED) is 0.390. The predicted molar refractivity (Wildman–Crippen MR) is 127 cm³/mol. The molecule has 0 spiro atoms. The van der Waals surface area contributed by atoms with Crippen LogP contribution in [0.25, 0.3) is 0 Å². The molecule has 3 aromatic carbocycles. The number of halogens is 1. The lowest BCUT2D eigenvalue weighted by molar-refractivity contribution is -0.115. The fraction of sp³-hybridized carbons (Fsp3) is 0.167. The van der Waals surface area contributed by atoms with Gasteiger partial charge in [0.15, 0.2) is 0 Å². The molecule has 1 unspecified atom stereocenters. The average Bonchev–Trinajstić information content (AvgIpc) is 3.02. The van der Waals surface area contributed by atoms with Gasteiger partial charge in [-0.1, -0.05) is 48.5 Å². The molecular formula is C24H22IN3O. The van der Waals surface area contributed by atoms with Crippen molar-refractivity contribution in [3.63, 3.8) is 0 Å². The van der Waals surface area contributed by atoms with Gasteiger partial charge in [0.25, 0.3) is 0 Å².